The quantitative estimate of drug-likeness (QED) is 0.835. The van der Waals surface area contributed by atoms with Crippen molar-refractivity contribution >= 4 is 23.5 Å². The van der Waals surface area contributed by atoms with E-state index in [-0.39, 0.29) is 18.4 Å². The van der Waals surface area contributed by atoms with Crippen molar-refractivity contribution in [3.8, 4) is 0 Å². The molecule has 1 saturated heterocycles. The number of amides is 2. The summed E-state index contributed by atoms with van der Waals surface area (Å²) in [6, 6.07) is 7.60. The molecule has 0 bridgehead atoms. The zero-order valence-electron chi connectivity index (χ0n) is 13.7. The predicted molar refractivity (Wildman–Crippen MR) is 86.1 cm³/mol. The zero-order chi connectivity index (χ0) is 17.1. The molecule has 0 unspecified atom stereocenters. The number of nitrogens with zero attached hydrogens (tertiary/aromatic N) is 2. The van der Waals surface area contributed by atoms with Crippen molar-refractivity contribution in [2.75, 3.05) is 25.0 Å². The molecule has 1 N–H and O–H groups in total. The highest BCUT2D eigenvalue weighted by molar-refractivity contribution is 6.09. The first-order valence-electron chi connectivity index (χ1n) is 7.67. The molecule has 6 nitrogen and oxygen atoms in total. The van der Waals surface area contributed by atoms with Gasteiger partial charge in [0.25, 0.3) is 0 Å². The van der Waals surface area contributed by atoms with Crippen molar-refractivity contribution in [1.82, 2.24) is 4.90 Å². The molecule has 2 atom stereocenters. The molecule has 0 saturated carbocycles. The highest BCUT2D eigenvalue weighted by atomic mass is 16.4. The van der Waals surface area contributed by atoms with E-state index in [1.807, 2.05) is 31.2 Å². The minimum atomic E-state index is -0.955. The first-order valence-corrected chi connectivity index (χ1v) is 7.67. The van der Waals surface area contributed by atoms with Gasteiger partial charge in [-0.05, 0) is 25.5 Å². The van der Waals surface area contributed by atoms with Gasteiger partial charge in [0.2, 0.25) is 11.8 Å². The van der Waals surface area contributed by atoms with Gasteiger partial charge in [0.05, 0.1) is 5.92 Å². The molecule has 1 fully saturated rings. The molecule has 0 radical (unpaired) electrons. The molecule has 124 valence electrons. The number of aryl methyl sites for hydroxylation is 1. The fourth-order valence-electron chi connectivity index (χ4n) is 2.74. The second-order valence-corrected chi connectivity index (χ2v) is 6.12. The average molecular weight is 318 g/mol. The summed E-state index contributed by atoms with van der Waals surface area (Å²) in [5.41, 5.74) is 1.90. The lowest BCUT2D eigenvalue weighted by atomic mass is 10.1. The van der Waals surface area contributed by atoms with Crippen LogP contribution >= 0.6 is 0 Å². The number of carbonyl (C=O) groups is 3. The SMILES string of the molecule is Cc1ccc(N2CC[C@H](C(=O)N(C)C[C@@H](C)C(=O)O)C2=O)cc1. The van der Waals surface area contributed by atoms with Crippen LogP contribution in [0.5, 0.6) is 0 Å². The molecule has 1 aromatic rings. The Morgan fingerprint density at radius 2 is 1.96 bits per heavy atom. The Balaban J connectivity index is 2.04. The van der Waals surface area contributed by atoms with Crippen molar-refractivity contribution in [1.29, 1.82) is 0 Å². The van der Waals surface area contributed by atoms with E-state index in [0.29, 0.717) is 13.0 Å². The molecule has 1 aliphatic heterocycles. The van der Waals surface area contributed by atoms with Gasteiger partial charge in [0.15, 0.2) is 0 Å². The van der Waals surface area contributed by atoms with Gasteiger partial charge in [0, 0.05) is 25.8 Å². The molecule has 0 aromatic heterocycles. The molecule has 6 heteroatoms. The summed E-state index contributed by atoms with van der Waals surface area (Å²) in [7, 11) is 1.55. The Bertz CT molecular complexity index is 612. The van der Waals surface area contributed by atoms with E-state index in [4.69, 9.17) is 5.11 Å². The maximum Gasteiger partial charge on any atom is 0.308 e. The second-order valence-electron chi connectivity index (χ2n) is 6.12. The largest absolute Gasteiger partial charge is 0.481 e. The molecular formula is C17H22N2O4. The number of hydrogen-bond donors (Lipinski definition) is 1. The molecule has 2 rings (SSSR count). The summed E-state index contributed by atoms with van der Waals surface area (Å²) in [6.45, 7) is 4.12. The van der Waals surface area contributed by atoms with E-state index in [1.165, 1.54) is 4.90 Å². The maximum atomic E-state index is 12.5. The predicted octanol–water partition coefficient (Wildman–Crippen LogP) is 1.53. The number of anilines is 1. The van der Waals surface area contributed by atoms with Crippen LogP contribution in [0.3, 0.4) is 0 Å². The summed E-state index contributed by atoms with van der Waals surface area (Å²) in [5.74, 6) is -2.86. The van der Waals surface area contributed by atoms with E-state index in [2.05, 4.69) is 0 Å². The van der Waals surface area contributed by atoms with Crippen molar-refractivity contribution in [2.24, 2.45) is 11.8 Å². The van der Waals surface area contributed by atoms with Crippen LogP contribution in [0.15, 0.2) is 24.3 Å². The maximum absolute atomic E-state index is 12.5. The zero-order valence-corrected chi connectivity index (χ0v) is 13.7. The van der Waals surface area contributed by atoms with Crippen LogP contribution in [0.1, 0.15) is 18.9 Å². The number of rotatable bonds is 5. The molecule has 23 heavy (non-hydrogen) atoms. The summed E-state index contributed by atoms with van der Waals surface area (Å²) in [6.07, 6.45) is 0.456. The van der Waals surface area contributed by atoms with Crippen molar-refractivity contribution < 1.29 is 19.5 Å². The van der Waals surface area contributed by atoms with Gasteiger partial charge in [-0.1, -0.05) is 24.6 Å². The summed E-state index contributed by atoms with van der Waals surface area (Å²) >= 11 is 0. The summed E-state index contributed by atoms with van der Waals surface area (Å²) in [5, 5.41) is 8.93. The molecule has 0 spiro atoms. The molecular weight excluding hydrogens is 296 g/mol. The van der Waals surface area contributed by atoms with Gasteiger partial charge in [-0.3, -0.25) is 14.4 Å². The topological polar surface area (TPSA) is 77.9 Å². The van der Waals surface area contributed by atoms with Crippen LogP contribution in [0.2, 0.25) is 0 Å². The smallest absolute Gasteiger partial charge is 0.308 e. The lowest BCUT2D eigenvalue weighted by Crippen LogP contribution is -2.40. The third-order valence-corrected chi connectivity index (χ3v) is 4.19. The monoisotopic (exact) mass is 318 g/mol. The van der Waals surface area contributed by atoms with Gasteiger partial charge in [-0.15, -0.1) is 0 Å². The standard InChI is InChI=1S/C17H22N2O4/c1-11-4-6-13(7-5-11)19-9-8-14(16(19)21)15(20)18(3)10-12(2)17(22)23/h4-7,12,14H,8-10H2,1-3H3,(H,22,23)/t12-,14-/m1/s1. The summed E-state index contributed by atoms with van der Waals surface area (Å²) < 4.78 is 0. The van der Waals surface area contributed by atoms with E-state index >= 15 is 0 Å². The third kappa shape index (κ3) is 3.70. The lowest BCUT2D eigenvalue weighted by Gasteiger charge is -2.22. The Hall–Kier alpha value is -2.37. The van der Waals surface area contributed by atoms with Gasteiger partial charge >= 0.3 is 5.97 Å². The number of carboxylic acid groups (broad SMARTS) is 1. The fourth-order valence-corrected chi connectivity index (χ4v) is 2.74. The van der Waals surface area contributed by atoms with Crippen LogP contribution in [0, 0.1) is 18.8 Å². The van der Waals surface area contributed by atoms with Crippen LogP contribution in [0.4, 0.5) is 5.69 Å². The highest BCUT2D eigenvalue weighted by Crippen LogP contribution is 2.26. The van der Waals surface area contributed by atoms with Crippen LogP contribution in [-0.2, 0) is 14.4 Å². The first kappa shape index (κ1) is 17.0. The number of hydrogen-bond acceptors (Lipinski definition) is 3. The second kappa shape index (κ2) is 6.81. The third-order valence-electron chi connectivity index (χ3n) is 4.19. The van der Waals surface area contributed by atoms with E-state index in [1.54, 1.807) is 18.9 Å². The van der Waals surface area contributed by atoms with Crippen molar-refractivity contribution in [2.45, 2.75) is 20.3 Å². The normalized spacial score (nSPS) is 18.8. The number of carbonyl (C=O) groups excluding carboxylic acids is 2. The Morgan fingerprint density at radius 3 is 2.52 bits per heavy atom. The van der Waals surface area contributed by atoms with Gasteiger partial charge in [-0.2, -0.15) is 0 Å². The minimum absolute atomic E-state index is 0.0997. The molecule has 1 heterocycles. The lowest BCUT2D eigenvalue weighted by molar-refractivity contribution is -0.143. The van der Waals surface area contributed by atoms with E-state index in [0.717, 1.165) is 11.3 Å². The molecule has 2 amide bonds. The van der Waals surface area contributed by atoms with Crippen molar-refractivity contribution in [3.05, 3.63) is 29.8 Å². The van der Waals surface area contributed by atoms with Crippen LogP contribution in [-0.4, -0.2) is 47.9 Å². The minimum Gasteiger partial charge on any atom is -0.481 e. The van der Waals surface area contributed by atoms with Gasteiger partial charge in [-0.25, -0.2) is 0 Å². The van der Waals surface area contributed by atoms with Crippen molar-refractivity contribution in [3.63, 3.8) is 0 Å². The highest BCUT2D eigenvalue weighted by Gasteiger charge is 2.39. The van der Waals surface area contributed by atoms with E-state index in [9.17, 15) is 14.4 Å². The molecule has 1 aromatic carbocycles. The Labute approximate surface area is 135 Å². The van der Waals surface area contributed by atoms with E-state index < -0.39 is 17.8 Å². The number of benzene rings is 1. The fraction of sp³-hybridized carbons (Fsp3) is 0.471. The Morgan fingerprint density at radius 1 is 1.35 bits per heavy atom. The van der Waals surface area contributed by atoms with Crippen LogP contribution < -0.4 is 4.90 Å². The molecule has 1 aliphatic rings. The Kier molecular flexibility index (Phi) is 5.03. The van der Waals surface area contributed by atoms with Gasteiger partial charge < -0.3 is 14.9 Å². The summed E-state index contributed by atoms with van der Waals surface area (Å²) in [4.78, 5) is 38.8. The number of carboxylic acids is 1. The number of aliphatic carboxylic acids is 1. The molecule has 0 aliphatic carbocycles. The van der Waals surface area contributed by atoms with Crippen LogP contribution in [0.25, 0.3) is 0 Å². The van der Waals surface area contributed by atoms with Gasteiger partial charge in [0.1, 0.15) is 5.92 Å². The first-order chi connectivity index (χ1) is 10.8. The average Bonchev–Trinajstić information content (AvgIpc) is 2.88.